The number of methoxy groups -OCH3 is 2. The Morgan fingerprint density at radius 1 is 1.24 bits per heavy atom. The molecule has 136 valence electrons. The SMILES string of the molecule is CCC1=C(C)C(=O)N/C1=C/c1[nH]c(C)c(CC(OC)C(=O)OC)c1C. The molecule has 1 atom stereocenters. The van der Waals surface area contributed by atoms with Crippen LogP contribution in [0.4, 0.5) is 0 Å². The Kier molecular flexibility index (Phi) is 5.85. The number of aromatic nitrogens is 1. The minimum absolute atomic E-state index is 0.0469. The van der Waals surface area contributed by atoms with Crippen molar-refractivity contribution in [2.24, 2.45) is 0 Å². The maximum absolute atomic E-state index is 11.9. The molecule has 0 aliphatic carbocycles. The van der Waals surface area contributed by atoms with E-state index in [1.807, 2.05) is 33.8 Å². The van der Waals surface area contributed by atoms with Crippen molar-refractivity contribution >= 4 is 18.0 Å². The molecule has 0 saturated heterocycles. The fourth-order valence-electron chi connectivity index (χ4n) is 3.20. The van der Waals surface area contributed by atoms with Gasteiger partial charge in [-0.05, 0) is 50.0 Å². The molecule has 0 spiro atoms. The molecule has 1 aromatic heterocycles. The Bertz CT molecular complexity index is 756. The quantitative estimate of drug-likeness (QED) is 0.776. The van der Waals surface area contributed by atoms with Crippen LogP contribution in [0.5, 0.6) is 0 Å². The van der Waals surface area contributed by atoms with Crippen LogP contribution in [0.1, 0.15) is 42.8 Å². The lowest BCUT2D eigenvalue weighted by Crippen LogP contribution is -2.27. The van der Waals surface area contributed by atoms with Crippen LogP contribution in [-0.2, 0) is 25.5 Å². The highest BCUT2D eigenvalue weighted by molar-refractivity contribution is 6.00. The van der Waals surface area contributed by atoms with Crippen molar-refractivity contribution < 1.29 is 19.1 Å². The molecule has 6 heteroatoms. The van der Waals surface area contributed by atoms with E-state index in [-0.39, 0.29) is 5.91 Å². The Hall–Kier alpha value is -2.34. The first-order valence-electron chi connectivity index (χ1n) is 8.35. The monoisotopic (exact) mass is 346 g/mol. The maximum atomic E-state index is 11.9. The molecule has 1 unspecified atom stereocenters. The first-order chi connectivity index (χ1) is 11.8. The normalized spacial score (nSPS) is 17.2. The second-order valence-electron chi connectivity index (χ2n) is 6.19. The van der Waals surface area contributed by atoms with Gasteiger partial charge in [-0.1, -0.05) is 6.92 Å². The Morgan fingerprint density at radius 2 is 1.92 bits per heavy atom. The summed E-state index contributed by atoms with van der Waals surface area (Å²) in [6, 6.07) is 0. The molecule has 6 nitrogen and oxygen atoms in total. The van der Waals surface area contributed by atoms with Crippen LogP contribution in [-0.4, -0.2) is 37.2 Å². The Labute approximate surface area is 148 Å². The standard InChI is InChI=1S/C19H26N2O4/c1-7-13-11(3)18(22)21-16(13)9-15-10(2)14(12(4)20-15)8-17(24-5)19(23)25-6/h9,17,20H,7-8H2,1-6H3,(H,21,22)/b16-9+. The van der Waals surface area contributed by atoms with Crippen molar-refractivity contribution in [2.75, 3.05) is 14.2 Å². The number of carbonyl (C=O) groups is 2. The summed E-state index contributed by atoms with van der Waals surface area (Å²) >= 11 is 0. The van der Waals surface area contributed by atoms with Gasteiger partial charge in [-0.15, -0.1) is 0 Å². The summed E-state index contributed by atoms with van der Waals surface area (Å²) < 4.78 is 10.0. The van der Waals surface area contributed by atoms with E-state index in [2.05, 4.69) is 10.3 Å². The van der Waals surface area contributed by atoms with Gasteiger partial charge < -0.3 is 19.8 Å². The van der Waals surface area contributed by atoms with E-state index in [1.54, 1.807) is 0 Å². The number of carbonyl (C=O) groups excluding carboxylic acids is 2. The zero-order valence-electron chi connectivity index (χ0n) is 15.7. The molecule has 2 heterocycles. The number of esters is 1. The van der Waals surface area contributed by atoms with Crippen LogP contribution in [0.2, 0.25) is 0 Å². The van der Waals surface area contributed by atoms with Crippen molar-refractivity contribution in [1.29, 1.82) is 0 Å². The summed E-state index contributed by atoms with van der Waals surface area (Å²) in [4.78, 5) is 27.0. The molecule has 1 aromatic rings. The second-order valence-corrected chi connectivity index (χ2v) is 6.19. The lowest BCUT2D eigenvalue weighted by molar-refractivity contribution is -0.152. The first-order valence-corrected chi connectivity index (χ1v) is 8.35. The smallest absolute Gasteiger partial charge is 0.335 e. The largest absolute Gasteiger partial charge is 0.467 e. The molecule has 0 aromatic carbocycles. The molecule has 0 saturated carbocycles. The molecule has 1 aliphatic rings. The van der Waals surface area contributed by atoms with E-state index in [9.17, 15) is 9.59 Å². The van der Waals surface area contributed by atoms with E-state index in [0.717, 1.165) is 45.8 Å². The third-order valence-corrected chi connectivity index (χ3v) is 4.78. The molecule has 2 rings (SSSR count). The summed E-state index contributed by atoms with van der Waals surface area (Å²) in [6.07, 6.45) is 2.54. The van der Waals surface area contributed by atoms with Gasteiger partial charge in [0.25, 0.3) is 5.91 Å². The van der Waals surface area contributed by atoms with E-state index < -0.39 is 12.1 Å². The second kappa shape index (κ2) is 7.70. The van der Waals surface area contributed by atoms with Gasteiger partial charge in [0.2, 0.25) is 0 Å². The van der Waals surface area contributed by atoms with Gasteiger partial charge in [0.15, 0.2) is 6.10 Å². The number of aromatic amines is 1. The van der Waals surface area contributed by atoms with Crippen LogP contribution >= 0.6 is 0 Å². The molecule has 0 bridgehead atoms. The zero-order valence-corrected chi connectivity index (χ0v) is 15.7. The number of nitrogens with one attached hydrogen (secondary N) is 2. The number of hydrogen-bond acceptors (Lipinski definition) is 4. The summed E-state index contributed by atoms with van der Waals surface area (Å²) in [6.45, 7) is 7.83. The van der Waals surface area contributed by atoms with Crippen LogP contribution < -0.4 is 5.32 Å². The van der Waals surface area contributed by atoms with Gasteiger partial charge >= 0.3 is 5.97 Å². The third-order valence-electron chi connectivity index (χ3n) is 4.78. The molecule has 25 heavy (non-hydrogen) atoms. The highest BCUT2D eigenvalue weighted by Crippen LogP contribution is 2.28. The Morgan fingerprint density at radius 3 is 2.48 bits per heavy atom. The van der Waals surface area contributed by atoms with Gasteiger partial charge in [-0.3, -0.25) is 4.79 Å². The van der Waals surface area contributed by atoms with Gasteiger partial charge in [0.05, 0.1) is 7.11 Å². The predicted octanol–water partition coefficient (Wildman–Crippen LogP) is 2.56. The van der Waals surface area contributed by atoms with E-state index in [0.29, 0.717) is 6.42 Å². The van der Waals surface area contributed by atoms with Gasteiger partial charge in [0.1, 0.15) is 0 Å². The average molecular weight is 346 g/mol. The maximum Gasteiger partial charge on any atom is 0.335 e. The molecule has 0 fully saturated rings. The van der Waals surface area contributed by atoms with Crippen LogP contribution in [0, 0.1) is 13.8 Å². The number of allylic oxidation sites excluding steroid dienone is 1. The van der Waals surface area contributed by atoms with Crippen molar-refractivity contribution in [3.63, 3.8) is 0 Å². The van der Waals surface area contributed by atoms with E-state index in [4.69, 9.17) is 9.47 Å². The summed E-state index contributed by atoms with van der Waals surface area (Å²) in [7, 11) is 2.85. The zero-order chi connectivity index (χ0) is 18.7. The molecule has 1 amide bonds. The molecular weight excluding hydrogens is 320 g/mol. The van der Waals surface area contributed by atoms with Crippen LogP contribution in [0.3, 0.4) is 0 Å². The van der Waals surface area contributed by atoms with E-state index in [1.165, 1.54) is 14.2 Å². The Balaban J connectivity index is 2.36. The number of rotatable bonds is 6. The lowest BCUT2D eigenvalue weighted by Gasteiger charge is -2.13. The van der Waals surface area contributed by atoms with E-state index >= 15 is 0 Å². The van der Waals surface area contributed by atoms with Crippen molar-refractivity contribution in [1.82, 2.24) is 10.3 Å². The third kappa shape index (κ3) is 3.69. The highest BCUT2D eigenvalue weighted by Gasteiger charge is 2.25. The van der Waals surface area contributed by atoms with Gasteiger partial charge in [-0.25, -0.2) is 4.79 Å². The van der Waals surface area contributed by atoms with Crippen LogP contribution in [0.15, 0.2) is 16.8 Å². The summed E-state index contributed by atoms with van der Waals surface area (Å²) in [5.41, 5.74) is 6.57. The highest BCUT2D eigenvalue weighted by atomic mass is 16.6. The topological polar surface area (TPSA) is 80.4 Å². The predicted molar refractivity (Wildman–Crippen MR) is 95.9 cm³/mol. The number of ether oxygens (including phenoxy) is 2. The molecule has 0 radical (unpaired) electrons. The fourth-order valence-corrected chi connectivity index (χ4v) is 3.20. The van der Waals surface area contributed by atoms with Crippen molar-refractivity contribution in [2.45, 2.75) is 46.6 Å². The van der Waals surface area contributed by atoms with Crippen LogP contribution in [0.25, 0.3) is 6.08 Å². The minimum atomic E-state index is -0.641. The average Bonchev–Trinajstić information content (AvgIpc) is 3.01. The molecule has 1 aliphatic heterocycles. The lowest BCUT2D eigenvalue weighted by atomic mass is 10.0. The number of aryl methyl sites for hydroxylation is 1. The van der Waals surface area contributed by atoms with Crippen molar-refractivity contribution in [3.05, 3.63) is 39.4 Å². The molecule has 2 N–H and O–H groups in total. The number of hydrogen-bond donors (Lipinski definition) is 2. The number of H-pyrrole nitrogens is 1. The first kappa shape index (κ1) is 19.0. The van der Waals surface area contributed by atoms with Gasteiger partial charge in [0, 0.05) is 36.2 Å². The minimum Gasteiger partial charge on any atom is -0.467 e. The van der Waals surface area contributed by atoms with Gasteiger partial charge in [-0.2, -0.15) is 0 Å². The number of amides is 1. The van der Waals surface area contributed by atoms with Crippen molar-refractivity contribution in [3.8, 4) is 0 Å². The fraction of sp³-hybridized carbons (Fsp3) is 0.474. The summed E-state index contributed by atoms with van der Waals surface area (Å²) in [5.74, 6) is -0.438. The molecular formula is C19H26N2O4. The summed E-state index contributed by atoms with van der Waals surface area (Å²) in [5, 5.41) is 2.92.